The number of hydrogen-bond donors (Lipinski definition) is 0. The van der Waals surface area contributed by atoms with Crippen LogP contribution in [0.3, 0.4) is 0 Å². The normalized spacial score (nSPS) is 18.0. The predicted octanol–water partition coefficient (Wildman–Crippen LogP) is 2.79. The molecule has 0 atom stereocenters. The summed E-state index contributed by atoms with van der Waals surface area (Å²) in [6, 6.07) is 14.2. The minimum Gasteiger partial charge on any atom is -0.352 e. The summed E-state index contributed by atoms with van der Waals surface area (Å²) in [6.45, 7) is 2.76. The van der Waals surface area contributed by atoms with E-state index in [0.717, 1.165) is 43.1 Å². The summed E-state index contributed by atoms with van der Waals surface area (Å²) in [4.78, 5) is 17.3. The average molecular weight is 391 g/mol. The zero-order valence-electron chi connectivity index (χ0n) is 16.0. The maximum absolute atomic E-state index is 13.2. The van der Waals surface area contributed by atoms with Crippen LogP contribution in [0.4, 0.5) is 10.2 Å². The van der Waals surface area contributed by atoms with Gasteiger partial charge in [-0.1, -0.05) is 12.1 Å². The second kappa shape index (κ2) is 6.99. The first kappa shape index (κ1) is 17.8. The summed E-state index contributed by atoms with van der Waals surface area (Å²) in [5.41, 5.74) is 0.478. The second-order valence-corrected chi connectivity index (χ2v) is 7.71. The molecule has 6 nitrogen and oxygen atoms in total. The largest absolute Gasteiger partial charge is 0.352 e. The number of benzene rings is 1. The van der Waals surface area contributed by atoms with E-state index in [1.165, 1.54) is 12.1 Å². The summed E-state index contributed by atoms with van der Waals surface area (Å²) in [6.07, 6.45) is 5.54. The summed E-state index contributed by atoms with van der Waals surface area (Å²) < 4.78 is 15.2. The van der Waals surface area contributed by atoms with E-state index in [1.807, 2.05) is 46.1 Å². The topological polar surface area (TPSA) is 54.3 Å². The highest BCUT2D eigenvalue weighted by Gasteiger charge is 2.53. The first-order valence-electron chi connectivity index (χ1n) is 9.93. The molecule has 3 aromatic rings. The average Bonchev–Trinajstić information content (AvgIpc) is 3.39. The van der Waals surface area contributed by atoms with Gasteiger partial charge in [-0.3, -0.25) is 4.79 Å². The van der Waals surface area contributed by atoms with Gasteiger partial charge in [-0.05, 0) is 54.8 Å². The molecular weight excluding hydrogens is 369 g/mol. The molecule has 1 aliphatic carbocycles. The molecule has 7 heteroatoms. The van der Waals surface area contributed by atoms with E-state index >= 15 is 0 Å². The monoisotopic (exact) mass is 391 g/mol. The third-order valence-corrected chi connectivity index (χ3v) is 5.95. The number of halogens is 1. The van der Waals surface area contributed by atoms with Gasteiger partial charge in [0.15, 0.2) is 11.6 Å². The molecule has 1 saturated heterocycles. The lowest BCUT2D eigenvalue weighted by atomic mass is 9.94. The number of rotatable bonds is 4. The Hall–Kier alpha value is -3.22. The summed E-state index contributed by atoms with van der Waals surface area (Å²) in [5, 5.41) is 8.67. The van der Waals surface area contributed by atoms with E-state index in [-0.39, 0.29) is 11.7 Å². The van der Waals surface area contributed by atoms with Crippen LogP contribution in [-0.4, -0.2) is 51.8 Å². The van der Waals surface area contributed by atoms with Crippen LogP contribution in [0.5, 0.6) is 0 Å². The molecule has 1 amide bonds. The highest BCUT2D eigenvalue weighted by molar-refractivity contribution is 5.91. The summed E-state index contributed by atoms with van der Waals surface area (Å²) in [5.74, 6) is 1.50. The smallest absolute Gasteiger partial charge is 0.233 e. The van der Waals surface area contributed by atoms with Crippen molar-refractivity contribution in [3.05, 3.63) is 72.3 Å². The highest BCUT2D eigenvalue weighted by Crippen LogP contribution is 2.49. The Kier molecular flexibility index (Phi) is 4.30. The lowest BCUT2D eigenvalue weighted by Crippen LogP contribution is -2.51. The Balaban J connectivity index is 1.23. The SMILES string of the molecule is O=C(N1CCN(c2ccc(-n3cccc3)nn2)CC1)C1(c2ccc(F)cc2)CC1. The number of nitrogens with zero attached hydrogens (tertiary/aromatic N) is 5. The quantitative estimate of drug-likeness (QED) is 0.686. The molecule has 148 valence electrons. The number of aromatic nitrogens is 3. The van der Waals surface area contributed by atoms with Gasteiger partial charge < -0.3 is 14.4 Å². The number of carbonyl (C=O) groups excluding carboxylic acids is 1. The zero-order valence-corrected chi connectivity index (χ0v) is 16.0. The molecule has 2 aliphatic rings. The van der Waals surface area contributed by atoms with Gasteiger partial charge in [0.05, 0.1) is 5.41 Å². The van der Waals surface area contributed by atoms with Gasteiger partial charge in [-0.25, -0.2) is 4.39 Å². The lowest BCUT2D eigenvalue weighted by molar-refractivity contribution is -0.134. The molecule has 3 heterocycles. The standard InChI is InChI=1S/C22H22FN5O/c23-18-5-3-17(4-6-18)22(9-10-22)21(29)28-15-13-27(14-16-28)20-8-7-19(24-25-20)26-11-1-2-12-26/h1-8,11-12H,9-10,13-16H2. The summed E-state index contributed by atoms with van der Waals surface area (Å²) in [7, 11) is 0. The molecule has 2 aromatic heterocycles. The number of hydrogen-bond acceptors (Lipinski definition) is 4. The lowest BCUT2D eigenvalue weighted by Gasteiger charge is -2.37. The minimum absolute atomic E-state index is 0.165. The fourth-order valence-electron chi connectivity index (χ4n) is 4.07. The molecule has 0 bridgehead atoms. The maximum Gasteiger partial charge on any atom is 0.233 e. The molecule has 5 rings (SSSR count). The van der Waals surface area contributed by atoms with E-state index in [1.54, 1.807) is 12.1 Å². The Morgan fingerprint density at radius 1 is 0.862 bits per heavy atom. The third-order valence-electron chi connectivity index (χ3n) is 5.95. The molecule has 0 N–H and O–H groups in total. The molecule has 0 unspecified atom stereocenters. The van der Waals surface area contributed by atoms with Crippen LogP contribution in [-0.2, 0) is 10.2 Å². The number of amides is 1. The van der Waals surface area contributed by atoms with Crippen molar-refractivity contribution in [3.8, 4) is 5.82 Å². The third kappa shape index (κ3) is 3.26. The van der Waals surface area contributed by atoms with Crippen molar-refractivity contribution in [2.75, 3.05) is 31.1 Å². The van der Waals surface area contributed by atoms with Crippen molar-refractivity contribution in [1.29, 1.82) is 0 Å². The van der Waals surface area contributed by atoms with Gasteiger partial charge in [-0.2, -0.15) is 0 Å². The van der Waals surface area contributed by atoms with Crippen molar-refractivity contribution in [2.24, 2.45) is 0 Å². The number of anilines is 1. The predicted molar refractivity (Wildman–Crippen MR) is 107 cm³/mol. The van der Waals surface area contributed by atoms with Crippen molar-refractivity contribution in [1.82, 2.24) is 19.7 Å². The Bertz CT molecular complexity index is 989. The van der Waals surface area contributed by atoms with Gasteiger partial charge in [0, 0.05) is 38.6 Å². The van der Waals surface area contributed by atoms with Crippen LogP contribution < -0.4 is 4.90 Å². The molecular formula is C22H22FN5O. The molecule has 1 aromatic carbocycles. The molecule has 0 radical (unpaired) electrons. The van der Waals surface area contributed by atoms with Crippen molar-refractivity contribution in [2.45, 2.75) is 18.3 Å². The van der Waals surface area contributed by atoms with Gasteiger partial charge in [0.1, 0.15) is 5.82 Å². The number of carbonyl (C=O) groups is 1. The fraction of sp³-hybridized carbons (Fsp3) is 0.318. The minimum atomic E-state index is -0.450. The van der Waals surface area contributed by atoms with E-state index < -0.39 is 5.41 Å². The molecule has 2 fully saturated rings. The van der Waals surface area contributed by atoms with Gasteiger partial charge in [0.25, 0.3) is 0 Å². The molecule has 1 saturated carbocycles. The Morgan fingerprint density at radius 3 is 2.07 bits per heavy atom. The van der Waals surface area contributed by atoms with Gasteiger partial charge in [-0.15, -0.1) is 10.2 Å². The van der Waals surface area contributed by atoms with Gasteiger partial charge >= 0.3 is 0 Å². The highest BCUT2D eigenvalue weighted by atomic mass is 19.1. The van der Waals surface area contributed by atoms with Crippen LogP contribution in [0.15, 0.2) is 60.9 Å². The van der Waals surface area contributed by atoms with Crippen LogP contribution >= 0.6 is 0 Å². The Morgan fingerprint density at radius 2 is 1.48 bits per heavy atom. The van der Waals surface area contributed by atoms with Crippen molar-refractivity contribution >= 4 is 11.7 Å². The van der Waals surface area contributed by atoms with E-state index in [9.17, 15) is 9.18 Å². The van der Waals surface area contributed by atoms with E-state index in [2.05, 4.69) is 15.1 Å². The zero-order chi connectivity index (χ0) is 19.8. The maximum atomic E-state index is 13.2. The molecule has 0 spiro atoms. The van der Waals surface area contributed by atoms with Gasteiger partial charge in [0.2, 0.25) is 5.91 Å². The Labute approximate surface area is 168 Å². The van der Waals surface area contributed by atoms with Crippen LogP contribution in [0.1, 0.15) is 18.4 Å². The molecule has 29 heavy (non-hydrogen) atoms. The summed E-state index contributed by atoms with van der Waals surface area (Å²) >= 11 is 0. The van der Waals surface area contributed by atoms with E-state index in [0.29, 0.717) is 13.1 Å². The van der Waals surface area contributed by atoms with Crippen molar-refractivity contribution in [3.63, 3.8) is 0 Å². The molecule has 1 aliphatic heterocycles. The van der Waals surface area contributed by atoms with Crippen molar-refractivity contribution < 1.29 is 9.18 Å². The second-order valence-electron chi connectivity index (χ2n) is 7.71. The van der Waals surface area contributed by atoms with Crippen LogP contribution in [0, 0.1) is 5.82 Å². The number of piperazine rings is 1. The fourth-order valence-corrected chi connectivity index (χ4v) is 4.07. The van der Waals surface area contributed by atoms with Crippen LogP contribution in [0.2, 0.25) is 0 Å². The first-order chi connectivity index (χ1) is 14.2. The first-order valence-corrected chi connectivity index (χ1v) is 9.93. The van der Waals surface area contributed by atoms with Crippen LogP contribution in [0.25, 0.3) is 5.82 Å². The van der Waals surface area contributed by atoms with E-state index in [4.69, 9.17) is 0 Å².